The molecule has 1 fully saturated rings. The van der Waals surface area contributed by atoms with Gasteiger partial charge in [-0.15, -0.1) is 11.3 Å². The number of aliphatic imine (C=N–C) groups is 1. The summed E-state index contributed by atoms with van der Waals surface area (Å²) in [4.78, 5) is 8.38. The highest BCUT2D eigenvalue weighted by molar-refractivity contribution is 7.10. The predicted molar refractivity (Wildman–Crippen MR) is 115 cm³/mol. The van der Waals surface area contributed by atoms with E-state index in [-0.39, 0.29) is 0 Å². The van der Waals surface area contributed by atoms with Crippen molar-refractivity contribution in [1.29, 1.82) is 0 Å². The number of likely N-dealkylation sites (tertiary alicyclic amines) is 1. The Balaban J connectivity index is 1.59. The number of guanidine groups is 1. The Bertz CT molecular complexity index is 779. The first-order chi connectivity index (χ1) is 13.6. The molecule has 152 valence electrons. The lowest BCUT2D eigenvalue weighted by atomic mass is 9.88. The fraction of sp³-hybridized carbons (Fsp3) is 0.476. The first-order valence-corrected chi connectivity index (χ1v) is 10.5. The van der Waals surface area contributed by atoms with Crippen LogP contribution < -0.4 is 20.5 Å². The van der Waals surface area contributed by atoms with Gasteiger partial charge in [0.2, 0.25) is 0 Å². The molecule has 6 nitrogen and oxygen atoms in total. The summed E-state index contributed by atoms with van der Waals surface area (Å²) in [5.41, 5.74) is 7.16. The van der Waals surface area contributed by atoms with Crippen molar-refractivity contribution < 1.29 is 9.47 Å². The largest absolute Gasteiger partial charge is 0.493 e. The van der Waals surface area contributed by atoms with Gasteiger partial charge in [0.05, 0.1) is 20.8 Å². The summed E-state index contributed by atoms with van der Waals surface area (Å²) >= 11 is 1.83. The summed E-state index contributed by atoms with van der Waals surface area (Å²) in [6.45, 7) is 2.47. The molecule has 28 heavy (non-hydrogen) atoms. The van der Waals surface area contributed by atoms with Crippen LogP contribution in [0.15, 0.2) is 40.7 Å². The van der Waals surface area contributed by atoms with Crippen molar-refractivity contribution in [2.75, 3.05) is 34.4 Å². The standard InChI is InChI=1S/C21H30N4O2S/c1-25-10-4-6-16(20(25)19-7-5-11-28-19)14-24-21(22)23-13-15-8-9-17(26-2)18(12-15)27-3/h5,7-9,11-12,16,20H,4,6,10,13-14H2,1-3H3,(H3,22,23,24). The van der Waals surface area contributed by atoms with Crippen LogP contribution in [0.2, 0.25) is 0 Å². The SMILES string of the molecule is COc1ccc(CN=C(N)NCC2CCCN(C)C2c2cccs2)cc1OC. The average Bonchev–Trinajstić information content (AvgIpc) is 3.24. The van der Waals surface area contributed by atoms with Gasteiger partial charge in [0, 0.05) is 17.5 Å². The van der Waals surface area contributed by atoms with E-state index in [1.165, 1.54) is 17.7 Å². The number of thiophene rings is 1. The molecule has 1 aliphatic rings. The zero-order valence-corrected chi connectivity index (χ0v) is 17.7. The van der Waals surface area contributed by atoms with Crippen molar-refractivity contribution in [3.8, 4) is 11.5 Å². The van der Waals surface area contributed by atoms with Gasteiger partial charge in [-0.1, -0.05) is 12.1 Å². The number of rotatable bonds is 7. The van der Waals surface area contributed by atoms with Crippen LogP contribution in [0.1, 0.15) is 29.3 Å². The minimum Gasteiger partial charge on any atom is -0.493 e. The number of piperidine rings is 1. The summed E-state index contributed by atoms with van der Waals surface area (Å²) in [7, 11) is 5.47. The normalized spacial score (nSPS) is 20.8. The summed E-state index contributed by atoms with van der Waals surface area (Å²) in [6.07, 6.45) is 2.41. The molecule has 2 heterocycles. The molecule has 0 saturated carbocycles. The highest BCUT2D eigenvalue weighted by atomic mass is 32.1. The van der Waals surface area contributed by atoms with E-state index in [4.69, 9.17) is 15.2 Å². The van der Waals surface area contributed by atoms with Crippen LogP contribution in [0.3, 0.4) is 0 Å². The van der Waals surface area contributed by atoms with Gasteiger partial charge in [-0.3, -0.25) is 4.90 Å². The molecule has 2 aromatic rings. The number of nitrogens with two attached hydrogens (primary N) is 1. The summed E-state index contributed by atoms with van der Waals surface area (Å²) in [5, 5.41) is 5.49. The molecule has 1 aliphatic heterocycles. The van der Waals surface area contributed by atoms with E-state index in [0.29, 0.717) is 36.0 Å². The second-order valence-corrected chi connectivity index (χ2v) is 8.09. The van der Waals surface area contributed by atoms with Gasteiger partial charge >= 0.3 is 0 Å². The van der Waals surface area contributed by atoms with Crippen molar-refractivity contribution in [3.05, 3.63) is 46.2 Å². The van der Waals surface area contributed by atoms with Gasteiger partial charge in [0.25, 0.3) is 0 Å². The molecule has 0 amide bonds. The minimum absolute atomic E-state index is 0.444. The van der Waals surface area contributed by atoms with Crippen LogP contribution in [0.4, 0.5) is 0 Å². The molecule has 1 aromatic carbocycles. The van der Waals surface area contributed by atoms with Crippen LogP contribution in [-0.4, -0.2) is 45.2 Å². The maximum absolute atomic E-state index is 6.14. The third kappa shape index (κ3) is 4.97. The number of methoxy groups -OCH3 is 2. The molecule has 1 saturated heterocycles. The van der Waals surface area contributed by atoms with Gasteiger partial charge in [0.15, 0.2) is 17.5 Å². The molecular formula is C21H30N4O2S. The number of nitrogens with one attached hydrogen (secondary N) is 1. The van der Waals surface area contributed by atoms with Crippen molar-refractivity contribution in [2.24, 2.45) is 16.6 Å². The van der Waals surface area contributed by atoms with Crippen LogP contribution in [0.5, 0.6) is 11.5 Å². The Morgan fingerprint density at radius 2 is 2.11 bits per heavy atom. The first-order valence-electron chi connectivity index (χ1n) is 9.60. The monoisotopic (exact) mass is 402 g/mol. The number of ether oxygens (including phenoxy) is 2. The molecular weight excluding hydrogens is 372 g/mol. The molecule has 3 N–H and O–H groups in total. The minimum atomic E-state index is 0.444. The molecule has 1 aromatic heterocycles. The van der Waals surface area contributed by atoms with Gasteiger partial charge in [-0.25, -0.2) is 4.99 Å². The van der Waals surface area contributed by atoms with E-state index in [1.807, 2.05) is 29.5 Å². The lowest BCUT2D eigenvalue weighted by Crippen LogP contribution is -2.43. The van der Waals surface area contributed by atoms with E-state index in [1.54, 1.807) is 14.2 Å². The second kappa shape index (κ2) is 9.80. The number of hydrogen-bond donors (Lipinski definition) is 2. The highest BCUT2D eigenvalue weighted by Crippen LogP contribution is 2.36. The summed E-state index contributed by atoms with van der Waals surface area (Å²) in [5.74, 6) is 2.41. The van der Waals surface area contributed by atoms with E-state index in [0.717, 1.165) is 18.7 Å². The third-order valence-electron chi connectivity index (χ3n) is 5.27. The molecule has 0 spiro atoms. The number of hydrogen-bond acceptors (Lipinski definition) is 5. The Kier molecular flexibility index (Phi) is 7.17. The lowest BCUT2D eigenvalue weighted by molar-refractivity contribution is 0.125. The van der Waals surface area contributed by atoms with Gasteiger partial charge < -0.3 is 20.5 Å². The van der Waals surface area contributed by atoms with E-state index >= 15 is 0 Å². The van der Waals surface area contributed by atoms with Gasteiger partial charge in [-0.2, -0.15) is 0 Å². The maximum Gasteiger partial charge on any atom is 0.188 e. The van der Waals surface area contributed by atoms with Gasteiger partial charge in [0.1, 0.15) is 0 Å². The molecule has 0 radical (unpaired) electrons. The molecule has 3 rings (SSSR count). The van der Waals surface area contributed by atoms with Crippen LogP contribution >= 0.6 is 11.3 Å². The van der Waals surface area contributed by atoms with E-state index in [9.17, 15) is 0 Å². The molecule has 2 atom stereocenters. The summed E-state index contributed by atoms with van der Waals surface area (Å²) in [6, 6.07) is 10.6. The van der Waals surface area contributed by atoms with Crippen molar-refractivity contribution >= 4 is 17.3 Å². The quantitative estimate of drug-likeness (QED) is 0.549. The van der Waals surface area contributed by atoms with Crippen molar-refractivity contribution in [3.63, 3.8) is 0 Å². The fourth-order valence-electron chi connectivity index (χ4n) is 3.83. The first kappa shape index (κ1) is 20.5. The Hall–Kier alpha value is -2.25. The Morgan fingerprint density at radius 1 is 1.29 bits per heavy atom. The zero-order valence-electron chi connectivity index (χ0n) is 16.9. The smallest absolute Gasteiger partial charge is 0.188 e. The molecule has 7 heteroatoms. The maximum atomic E-state index is 6.14. The molecule has 0 aliphatic carbocycles. The van der Waals surface area contributed by atoms with E-state index < -0.39 is 0 Å². The average molecular weight is 403 g/mol. The topological polar surface area (TPSA) is 72.1 Å². The Labute approximate surface area is 171 Å². The molecule has 0 bridgehead atoms. The fourth-order valence-corrected chi connectivity index (χ4v) is 4.81. The van der Waals surface area contributed by atoms with Crippen LogP contribution in [0, 0.1) is 5.92 Å². The Morgan fingerprint density at radius 3 is 2.82 bits per heavy atom. The van der Waals surface area contributed by atoms with Crippen LogP contribution in [-0.2, 0) is 6.54 Å². The van der Waals surface area contributed by atoms with Crippen molar-refractivity contribution in [1.82, 2.24) is 10.2 Å². The predicted octanol–water partition coefficient (Wildman–Crippen LogP) is 3.25. The second-order valence-electron chi connectivity index (χ2n) is 7.11. The van der Waals surface area contributed by atoms with Crippen molar-refractivity contribution in [2.45, 2.75) is 25.4 Å². The number of nitrogens with zero attached hydrogens (tertiary/aromatic N) is 2. The van der Waals surface area contributed by atoms with Crippen LogP contribution in [0.25, 0.3) is 0 Å². The summed E-state index contributed by atoms with van der Waals surface area (Å²) < 4.78 is 10.6. The highest BCUT2D eigenvalue weighted by Gasteiger charge is 2.31. The van der Waals surface area contributed by atoms with E-state index in [2.05, 4.69) is 39.8 Å². The zero-order chi connectivity index (χ0) is 19.9. The lowest BCUT2D eigenvalue weighted by Gasteiger charge is -2.39. The van der Waals surface area contributed by atoms with Gasteiger partial charge in [-0.05, 0) is 61.5 Å². The third-order valence-corrected chi connectivity index (χ3v) is 6.21. The molecule has 2 unspecified atom stereocenters. The number of benzene rings is 1.